The number of alkyl halides is 3. The molecule has 1 rings (SSSR count). The van der Waals surface area contributed by atoms with Crippen LogP contribution in [0, 0.1) is 0 Å². The van der Waals surface area contributed by atoms with E-state index in [2.05, 4.69) is 15.9 Å². The minimum Gasteiger partial charge on any atom is -0.480 e. The maximum Gasteiger partial charge on any atom is 0.418 e. The first-order chi connectivity index (χ1) is 9.11. The Morgan fingerprint density at radius 2 is 2.00 bits per heavy atom. The van der Waals surface area contributed by atoms with Crippen LogP contribution in [0.1, 0.15) is 5.56 Å². The third kappa shape index (κ3) is 4.41. The highest BCUT2D eigenvalue weighted by Crippen LogP contribution is 2.36. The first kappa shape index (κ1) is 16.3. The monoisotopic (exact) mass is 354 g/mol. The van der Waals surface area contributed by atoms with Gasteiger partial charge in [-0.1, -0.05) is 15.9 Å². The number of carbonyl (C=O) groups excluding carboxylic acids is 1. The number of carboxylic acid groups (broad SMARTS) is 1. The van der Waals surface area contributed by atoms with E-state index in [4.69, 9.17) is 5.11 Å². The van der Waals surface area contributed by atoms with Crippen LogP contribution in [0.25, 0.3) is 0 Å². The average molecular weight is 355 g/mol. The molecule has 2 N–H and O–H groups in total. The number of halogens is 4. The van der Waals surface area contributed by atoms with Gasteiger partial charge < -0.3 is 15.3 Å². The number of carbonyl (C=O) groups is 2. The molecule has 5 nitrogen and oxygen atoms in total. The lowest BCUT2D eigenvalue weighted by Gasteiger charge is -2.18. The second-order valence-corrected chi connectivity index (χ2v) is 4.78. The summed E-state index contributed by atoms with van der Waals surface area (Å²) < 4.78 is 38.6. The van der Waals surface area contributed by atoms with E-state index in [9.17, 15) is 22.8 Å². The molecule has 2 amide bonds. The highest BCUT2D eigenvalue weighted by molar-refractivity contribution is 9.10. The molecule has 0 atom stereocenters. The van der Waals surface area contributed by atoms with E-state index in [1.54, 1.807) is 0 Å². The standard InChI is InChI=1S/C11H10BrF3N2O3/c1-17(5-9(18)19)10(20)16-8-3-2-6(12)4-7(8)11(13,14)15/h2-4H,5H2,1H3,(H,16,20)(H,18,19). The second-order valence-electron chi connectivity index (χ2n) is 3.87. The minimum absolute atomic E-state index is 0.210. The van der Waals surface area contributed by atoms with Crippen molar-refractivity contribution in [1.29, 1.82) is 0 Å². The number of carboxylic acids is 1. The number of benzene rings is 1. The number of hydrogen-bond donors (Lipinski definition) is 2. The quantitative estimate of drug-likeness (QED) is 0.876. The summed E-state index contributed by atoms with van der Waals surface area (Å²) in [6, 6.07) is 2.30. The lowest BCUT2D eigenvalue weighted by Crippen LogP contribution is -2.35. The van der Waals surface area contributed by atoms with Gasteiger partial charge >= 0.3 is 18.2 Å². The summed E-state index contributed by atoms with van der Waals surface area (Å²) in [5.41, 5.74) is -1.47. The molecule has 1 aromatic rings. The number of rotatable bonds is 3. The van der Waals surface area contributed by atoms with Crippen molar-refractivity contribution in [3.05, 3.63) is 28.2 Å². The van der Waals surface area contributed by atoms with Gasteiger partial charge in [-0.2, -0.15) is 13.2 Å². The van der Waals surface area contributed by atoms with Crippen LogP contribution in [-0.4, -0.2) is 35.6 Å². The van der Waals surface area contributed by atoms with Gasteiger partial charge in [0, 0.05) is 11.5 Å². The van der Waals surface area contributed by atoms with Gasteiger partial charge in [-0.15, -0.1) is 0 Å². The van der Waals surface area contributed by atoms with Crippen LogP contribution in [0.4, 0.5) is 23.7 Å². The van der Waals surface area contributed by atoms with Crippen LogP contribution in [0.5, 0.6) is 0 Å². The second kappa shape index (κ2) is 6.12. The van der Waals surface area contributed by atoms with Crippen molar-refractivity contribution in [2.24, 2.45) is 0 Å². The van der Waals surface area contributed by atoms with Gasteiger partial charge in [0.2, 0.25) is 0 Å². The molecule has 0 aromatic heterocycles. The molecule has 0 saturated heterocycles. The van der Waals surface area contributed by atoms with Gasteiger partial charge in [-0.3, -0.25) is 4.79 Å². The number of likely N-dealkylation sites (N-methyl/N-ethyl adjacent to an activating group) is 1. The molecule has 0 radical (unpaired) electrons. The first-order valence-electron chi connectivity index (χ1n) is 5.22. The number of hydrogen-bond acceptors (Lipinski definition) is 2. The van der Waals surface area contributed by atoms with Crippen LogP contribution >= 0.6 is 15.9 Å². The molecular weight excluding hydrogens is 345 g/mol. The summed E-state index contributed by atoms with van der Waals surface area (Å²) in [7, 11) is 1.16. The molecule has 0 spiro atoms. The van der Waals surface area contributed by atoms with E-state index in [0.717, 1.165) is 24.1 Å². The summed E-state index contributed by atoms with van der Waals surface area (Å²) in [6.45, 7) is -0.621. The fraction of sp³-hybridized carbons (Fsp3) is 0.273. The number of aliphatic carboxylic acids is 1. The topological polar surface area (TPSA) is 69.6 Å². The smallest absolute Gasteiger partial charge is 0.418 e. The number of nitrogens with one attached hydrogen (secondary N) is 1. The van der Waals surface area contributed by atoms with E-state index >= 15 is 0 Å². The fourth-order valence-corrected chi connectivity index (χ4v) is 1.71. The number of anilines is 1. The molecule has 0 unspecified atom stereocenters. The Balaban J connectivity index is 2.98. The number of urea groups is 1. The zero-order valence-corrected chi connectivity index (χ0v) is 11.7. The zero-order valence-electron chi connectivity index (χ0n) is 10.2. The van der Waals surface area contributed by atoms with Crippen LogP contribution in [0.15, 0.2) is 22.7 Å². The molecule has 0 aliphatic heterocycles. The Kier molecular flexibility index (Phi) is 4.98. The Bertz CT molecular complexity index is 534. The molecule has 0 heterocycles. The maximum atomic E-state index is 12.8. The van der Waals surface area contributed by atoms with Crippen LogP contribution < -0.4 is 5.32 Å². The molecule has 0 saturated carbocycles. The Morgan fingerprint density at radius 1 is 1.40 bits per heavy atom. The van der Waals surface area contributed by atoms with E-state index in [0.29, 0.717) is 0 Å². The summed E-state index contributed by atoms with van der Waals surface area (Å²) in [5, 5.41) is 10.5. The lowest BCUT2D eigenvalue weighted by atomic mass is 10.1. The van der Waals surface area contributed by atoms with Crippen molar-refractivity contribution in [2.75, 3.05) is 18.9 Å². The average Bonchev–Trinajstić information content (AvgIpc) is 2.29. The van der Waals surface area contributed by atoms with E-state index in [1.807, 2.05) is 5.32 Å². The maximum absolute atomic E-state index is 12.8. The van der Waals surface area contributed by atoms with Crippen molar-refractivity contribution in [2.45, 2.75) is 6.18 Å². The van der Waals surface area contributed by atoms with Gasteiger partial charge in [-0.25, -0.2) is 4.79 Å². The van der Waals surface area contributed by atoms with E-state index in [-0.39, 0.29) is 4.47 Å². The SMILES string of the molecule is CN(CC(=O)O)C(=O)Nc1ccc(Br)cc1C(F)(F)F. The third-order valence-corrected chi connectivity index (χ3v) is 2.74. The van der Waals surface area contributed by atoms with Crippen molar-refractivity contribution >= 4 is 33.6 Å². The van der Waals surface area contributed by atoms with Crippen LogP contribution in [0.3, 0.4) is 0 Å². The Hall–Kier alpha value is -1.77. The molecule has 0 fully saturated rings. The molecule has 0 bridgehead atoms. The predicted octanol–water partition coefficient (Wildman–Crippen LogP) is 3.02. The van der Waals surface area contributed by atoms with Gasteiger partial charge in [0.1, 0.15) is 6.54 Å². The molecular formula is C11H10BrF3N2O3. The van der Waals surface area contributed by atoms with Crippen LogP contribution in [-0.2, 0) is 11.0 Å². The molecule has 1 aromatic carbocycles. The van der Waals surface area contributed by atoms with Crippen molar-refractivity contribution in [3.8, 4) is 0 Å². The Labute approximate surface area is 120 Å². The molecule has 0 aliphatic rings. The lowest BCUT2D eigenvalue weighted by molar-refractivity contribution is -0.138. The summed E-state index contributed by atoms with van der Waals surface area (Å²) >= 11 is 2.92. The van der Waals surface area contributed by atoms with Crippen molar-refractivity contribution < 1.29 is 27.9 Å². The normalized spacial score (nSPS) is 11.1. The molecule has 20 heavy (non-hydrogen) atoms. The van der Waals surface area contributed by atoms with Crippen LogP contribution in [0.2, 0.25) is 0 Å². The zero-order chi connectivity index (χ0) is 15.5. The van der Waals surface area contributed by atoms with Crippen molar-refractivity contribution in [3.63, 3.8) is 0 Å². The summed E-state index contributed by atoms with van der Waals surface area (Å²) in [6.07, 6.45) is -4.64. The molecule has 9 heteroatoms. The van der Waals surface area contributed by atoms with Gasteiger partial charge in [0.05, 0.1) is 11.3 Å². The highest BCUT2D eigenvalue weighted by Gasteiger charge is 2.34. The largest absolute Gasteiger partial charge is 0.480 e. The molecule has 110 valence electrons. The number of nitrogens with zero attached hydrogens (tertiary/aromatic N) is 1. The fourth-order valence-electron chi connectivity index (χ4n) is 1.35. The van der Waals surface area contributed by atoms with Gasteiger partial charge in [0.15, 0.2) is 0 Å². The van der Waals surface area contributed by atoms with Gasteiger partial charge in [-0.05, 0) is 18.2 Å². The summed E-state index contributed by atoms with van der Waals surface area (Å²) in [5.74, 6) is -1.27. The van der Waals surface area contributed by atoms with Gasteiger partial charge in [0.25, 0.3) is 0 Å². The third-order valence-electron chi connectivity index (χ3n) is 2.25. The van der Waals surface area contributed by atoms with Crippen molar-refractivity contribution in [1.82, 2.24) is 4.90 Å². The highest BCUT2D eigenvalue weighted by atomic mass is 79.9. The Morgan fingerprint density at radius 3 is 2.50 bits per heavy atom. The minimum atomic E-state index is -4.64. The first-order valence-corrected chi connectivity index (χ1v) is 6.01. The number of amides is 2. The summed E-state index contributed by atoms with van der Waals surface area (Å²) in [4.78, 5) is 22.8. The van der Waals surface area contributed by atoms with E-state index in [1.165, 1.54) is 6.07 Å². The predicted molar refractivity (Wildman–Crippen MR) is 68.4 cm³/mol. The molecule has 0 aliphatic carbocycles. The van der Waals surface area contributed by atoms with E-state index < -0.39 is 36.0 Å².